The van der Waals surface area contributed by atoms with E-state index in [9.17, 15) is 0 Å². The predicted molar refractivity (Wildman–Crippen MR) is 77.1 cm³/mol. The van der Waals surface area contributed by atoms with Crippen molar-refractivity contribution in [3.05, 3.63) is 18.0 Å². The highest BCUT2D eigenvalue weighted by Gasteiger charge is 2.41. The molecule has 1 fully saturated rings. The maximum Gasteiger partial charge on any atom is 0.0597 e. The average Bonchev–Trinajstić information content (AvgIpc) is 2.93. The molecule has 1 aliphatic rings. The van der Waals surface area contributed by atoms with Gasteiger partial charge in [0.2, 0.25) is 0 Å². The molecule has 0 saturated carbocycles. The molecule has 0 bridgehead atoms. The second-order valence-corrected chi connectivity index (χ2v) is 5.79. The molecule has 1 aromatic rings. The maximum absolute atomic E-state index is 5.97. The maximum atomic E-state index is 5.97. The smallest absolute Gasteiger partial charge is 0.0597 e. The number of rotatable bonds is 5. The minimum absolute atomic E-state index is 0.323. The van der Waals surface area contributed by atoms with Crippen molar-refractivity contribution in [1.82, 2.24) is 15.1 Å². The third kappa shape index (κ3) is 3.00. The van der Waals surface area contributed by atoms with Crippen molar-refractivity contribution >= 4 is 0 Å². The van der Waals surface area contributed by atoms with Crippen LogP contribution in [0, 0.1) is 11.8 Å². The first kappa shape index (κ1) is 14.5. The zero-order valence-corrected chi connectivity index (χ0v) is 12.8. The van der Waals surface area contributed by atoms with E-state index < -0.39 is 0 Å². The van der Waals surface area contributed by atoms with Gasteiger partial charge in [0.25, 0.3) is 0 Å². The van der Waals surface area contributed by atoms with Gasteiger partial charge in [-0.25, -0.2) is 0 Å². The molecule has 19 heavy (non-hydrogen) atoms. The first-order valence-corrected chi connectivity index (χ1v) is 7.40. The number of aromatic nitrogens is 2. The lowest BCUT2D eigenvalue weighted by atomic mass is 9.81. The van der Waals surface area contributed by atoms with Crippen LogP contribution in [-0.4, -0.2) is 35.1 Å². The number of aryl methyl sites for hydroxylation is 1. The molecule has 2 rings (SSSR count). The van der Waals surface area contributed by atoms with Crippen LogP contribution in [0.25, 0.3) is 0 Å². The number of hydrogen-bond donors (Lipinski definition) is 1. The van der Waals surface area contributed by atoms with Crippen molar-refractivity contribution in [1.29, 1.82) is 0 Å². The molecule has 5 unspecified atom stereocenters. The quantitative estimate of drug-likeness (QED) is 0.886. The molecular weight excluding hydrogens is 238 g/mol. The summed E-state index contributed by atoms with van der Waals surface area (Å²) in [6, 6.07) is 0.449. The summed E-state index contributed by atoms with van der Waals surface area (Å²) in [6.45, 7) is 9.73. The van der Waals surface area contributed by atoms with Crippen molar-refractivity contribution in [2.75, 3.05) is 7.05 Å². The van der Waals surface area contributed by atoms with E-state index in [4.69, 9.17) is 4.74 Å². The van der Waals surface area contributed by atoms with Gasteiger partial charge in [0.1, 0.15) is 0 Å². The van der Waals surface area contributed by atoms with Crippen LogP contribution in [0.4, 0.5) is 0 Å². The van der Waals surface area contributed by atoms with Gasteiger partial charge in [0, 0.05) is 24.7 Å². The summed E-state index contributed by atoms with van der Waals surface area (Å²) in [5, 5.41) is 7.84. The number of nitrogens with zero attached hydrogens (tertiary/aromatic N) is 2. The topological polar surface area (TPSA) is 39.1 Å². The largest absolute Gasteiger partial charge is 0.375 e. The summed E-state index contributed by atoms with van der Waals surface area (Å²) in [5.74, 6) is 1.15. The minimum Gasteiger partial charge on any atom is -0.375 e. The number of hydrogen-bond acceptors (Lipinski definition) is 3. The Morgan fingerprint density at radius 2 is 2.11 bits per heavy atom. The van der Waals surface area contributed by atoms with E-state index in [1.165, 1.54) is 5.56 Å². The lowest BCUT2D eigenvalue weighted by Crippen LogP contribution is -2.41. The Morgan fingerprint density at radius 3 is 2.58 bits per heavy atom. The Bertz CT molecular complexity index is 404. The lowest BCUT2D eigenvalue weighted by Gasteiger charge is -2.28. The molecule has 0 aliphatic carbocycles. The standard InChI is InChI=1S/C15H27N3O/c1-6-18-9-13(8-17-18)7-14(16-5)15-10(2)11(3)19-12(15)4/h8-12,14-16H,6-7H2,1-5H3. The molecule has 0 aromatic carbocycles. The molecule has 1 aromatic heterocycles. The zero-order chi connectivity index (χ0) is 14.0. The molecule has 0 spiro atoms. The van der Waals surface area contributed by atoms with E-state index in [-0.39, 0.29) is 0 Å². The molecule has 4 nitrogen and oxygen atoms in total. The molecular formula is C15H27N3O. The molecule has 1 aliphatic heterocycles. The average molecular weight is 265 g/mol. The fourth-order valence-corrected chi connectivity index (χ4v) is 3.36. The van der Waals surface area contributed by atoms with Crippen molar-refractivity contribution < 1.29 is 4.74 Å². The second-order valence-electron chi connectivity index (χ2n) is 5.79. The summed E-state index contributed by atoms with van der Waals surface area (Å²) in [6.07, 6.45) is 5.84. The first-order chi connectivity index (χ1) is 9.06. The van der Waals surface area contributed by atoms with Crippen molar-refractivity contribution in [2.24, 2.45) is 11.8 Å². The van der Waals surface area contributed by atoms with Gasteiger partial charge in [-0.1, -0.05) is 6.92 Å². The molecule has 5 atom stereocenters. The van der Waals surface area contributed by atoms with Crippen LogP contribution < -0.4 is 5.32 Å². The van der Waals surface area contributed by atoms with Crippen LogP contribution in [0.1, 0.15) is 33.3 Å². The molecule has 1 N–H and O–H groups in total. The highest BCUT2D eigenvalue weighted by atomic mass is 16.5. The summed E-state index contributed by atoms with van der Waals surface area (Å²) in [5.41, 5.74) is 1.31. The monoisotopic (exact) mass is 265 g/mol. The molecule has 1 saturated heterocycles. The van der Waals surface area contributed by atoms with E-state index in [0.717, 1.165) is 13.0 Å². The predicted octanol–water partition coefficient (Wildman–Crippen LogP) is 2.09. The van der Waals surface area contributed by atoms with Crippen LogP contribution in [0.3, 0.4) is 0 Å². The normalized spacial score (nSPS) is 32.7. The van der Waals surface area contributed by atoms with Crippen LogP contribution in [-0.2, 0) is 17.7 Å². The van der Waals surface area contributed by atoms with E-state index in [2.05, 4.69) is 51.4 Å². The van der Waals surface area contributed by atoms with Crippen LogP contribution in [0.15, 0.2) is 12.4 Å². The third-order valence-electron chi connectivity index (χ3n) is 4.62. The third-order valence-corrected chi connectivity index (χ3v) is 4.62. The van der Waals surface area contributed by atoms with Crippen LogP contribution in [0.2, 0.25) is 0 Å². The fraction of sp³-hybridized carbons (Fsp3) is 0.800. The van der Waals surface area contributed by atoms with Crippen molar-refractivity contribution in [2.45, 2.75) is 58.9 Å². The summed E-state index contributed by atoms with van der Waals surface area (Å²) < 4.78 is 7.96. The minimum atomic E-state index is 0.323. The summed E-state index contributed by atoms with van der Waals surface area (Å²) in [4.78, 5) is 0. The van der Waals surface area contributed by atoms with Crippen molar-refractivity contribution in [3.63, 3.8) is 0 Å². The van der Waals surface area contributed by atoms with Gasteiger partial charge in [-0.3, -0.25) is 4.68 Å². The van der Waals surface area contributed by atoms with Gasteiger partial charge in [-0.2, -0.15) is 5.10 Å². The number of ether oxygens (including phenoxy) is 1. The molecule has 0 radical (unpaired) electrons. The Kier molecular flexibility index (Phi) is 4.63. The lowest BCUT2D eigenvalue weighted by molar-refractivity contribution is 0.0479. The zero-order valence-electron chi connectivity index (χ0n) is 12.8. The van der Waals surface area contributed by atoms with Gasteiger partial charge < -0.3 is 10.1 Å². The van der Waals surface area contributed by atoms with Gasteiger partial charge in [-0.05, 0) is 45.7 Å². The molecule has 108 valence electrons. The Morgan fingerprint density at radius 1 is 1.37 bits per heavy atom. The van der Waals surface area contributed by atoms with Gasteiger partial charge >= 0.3 is 0 Å². The Balaban J connectivity index is 2.07. The fourth-order valence-electron chi connectivity index (χ4n) is 3.36. The molecule has 4 heteroatoms. The SMILES string of the molecule is CCn1cc(CC(NC)C2C(C)OC(C)C2C)cn1. The summed E-state index contributed by atoms with van der Waals surface area (Å²) in [7, 11) is 2.05. The van der Waals surface area contributed by atoms with Crippen LogP contribution >= 0.6 is 0 Å². The highest BCUT2D eigenvalue weighted by molar-refractivity contribution is 5.08. The van der Waals surface area contributed by atoms with Gasteiger partial charge in [-0.15, -0.1) is 0 Å². The molecule has 0 amide bonds. The number of likely N-dealkylation sites (N-methyl/N-ethyl adjacent to an activating group) is 1. The Labute approximate surface area is 116 Å². The number of nitrogens with one attached hydrogen (secondary N) is 1. The van der Waals surface area contributed by atoms with E-state index in [0.29, 0.717) is 30.1 Å². The van der Waals surface area contributed by atoms with E-state index in [1.807, 2.05) is 10.9 Å². The summed E-state index contributed by atoms with van der Waals surface area (Å²) >= 11 is 0. The highest BCUT2D eigenvalue weighted by Crippen LogP contribution is 2.35. The first-order valence-electron chi connectivity index (χ1n) is 7.40. The van der Waals surface area contributed by atoms with E-state index >= 15 is 0 Å². The molecule has 2 heterocycles. The Hall–Kier alpha value is -0.870. The van der Waals surface area contributed by atoms with Crippen LogP contribution in [0.5, 0.6) is 0 Å². The van der Waals surface area contributed by atoms with Gasteiger partial charge in [0.15, 0.2) is 0 Å². The van der Waals surface area contributed by atoms with E-state index in [1.54, 1.807) is 0 Å². The second kappa shape index (κ2) is 6.06. The van der Waals surface area contributed by atoms with Crippen molar-refractivity contribution in [3.8, 4) is 0 Å². The van der Waals surface area contributed by atoms with Gasteiger partial charge in [0.05, 0.1) is 18.4 Å².